The molecule has 0 aromatic heterocycles. The van der Waals surface area contributed by atoms with Gasteiger partial charge in [-0.3, -0.25) is 14.6 Å². The van der Waals surface area contributed by atoms with Gasteiger partial charge in [0.1, 0.15) is 0 Å². The number of carbonyl (C=O) groups excluding carboxylic acids is 1. The van der Waals surface area contributed by atoms with Gasteiger partial charge in [-0.25, -0.2) is 0 Å². The molecule has 2 heterocycles. The second-order valence-electron chi connectivity index (χ2n) is 11.3. The Morgan fingerprint density at radius 3 is 2.32 bits per heavy atom. The topological polar surface area (TPSA) is 23.6 Å². The van der Waals surface area contributed by atoms with Gasteiger partial charge in [-0.1, -0.05) is 72.3 Å². The van der Waals surface area contributed by atoms with E-state index in [1.807, 2.05) is 0 Å². The average Bonchev–Trinajstić information content (AvgIpc) is 3.12. The van der Waals surface area contributed by atoms with Crippen molar-refractivity contribution in [2.45, 2.75) is 71.5 Å². The number of hydrogen-bond acceptors (Lipinski definition) is 3. The predicted molar refractivity (Wildman–Crippen MR) is 153 cm³/mol. The number of rotatable bonds is 9. The smallest absolute Gasteiger partial charge is 0.162 e. The van der Waals surface area contributed by atoms with Gasteiger partial charge in [0.2, 0.25) is 0 Å². The van der Waals surface area contributed by atoms with Crippen molar-refractivity contribution in [3.8, 4) is 0 Å². The number of hydrogen-bond donors (Lipinski definition) is 0. The van der Waals surface area contributed by atoms with Crippen LogP contribution in [0.4, 0.5) is 0 Å². The highest BCUT2D eigenvalue weighted by Gasteiger charge is 2.20. The highest BCUT2D eigenvalue weighted by Crippen LogP contribution is 2.26. The van der Waals surface area contributed by atoms with Crippen LogP contribution in [0.25, 0.3) is 0 Å². The Kier molecular flexibility index (Phi) is 8.86. The van der Waals surface area contributed by atoms with Crippen LogP contribution in [0.2, 0.25) is 0 Å². The second-order valence-corrected chi connectivity index (χ2v) is 11.3. The lowest BCUT2D eigenvalue weighted by molar-refractivity contribution is 0.0974. The summed E-state index contributed by atoms with van der Waals surface area (Å²) in [5.41, 5.74) is 7.78. The number of carbonyl (C=O) groups is 1. The maximum Gasteiger partial charge on any atom is 0.162 e. The maximum absolute atomic E-state index is 13.1. The monoisotopic (exact) mass is 494 g/mol. The molecular weight excluding hydrogens is 452 g/mol. The molecule has 2 aliphatic heterocycles. The van der Waals surface area contributed by atoms with E-state index in [9.17, 15) is 4.79 Å². The van der Waals surface area contributed by atoms with E-state index in [1.165, 1.54) is 66.6 Å². The van der Waals surface area contributed by atoms with E-state index in [0.717, 1.165) is 50.5 Å². The molecule has 0 aliphatic carbocycles. The molecule has 1 fully saturated rings. The fourth-order valence-electron chi connectivity index (χ4n) is 6.06. The first-order valence-corrected chi connectivity index (χ1v) is 14.3. The molecule has 0 N–H and O–H groups in total. The normalized spacial score (nSPS) is 17.3. The minimum Gasteiger partial charge on any atom is -0.299 e. The van der Waals surface area contributed by atoms with Crippen molar-refractivity contribution in [3.63, 3.8) is 0 Å². The maximum atomic E-state index is 13.1. The quantitative estimate of drug-likeness (QED) is 0.294. The van der Waals surface area contributed by atoms with Gasteiger partial charge in [-0.2, -0.15) is 0 Å². The van der Waals surface area contributed by atoms with Crippen LogP contribution >= 0.6 is 0 Å². The Hall–Kier alpha value is -2.75. The zero-order chi connectivity index (χ0) is 25.5. The van der Waals surface area contributed by atoms with Gasteiger partial charge in [-0.05, 0) is 99.3 Å². The number of aryl methyl sites for hydroxylation is 2. The molecule has 3 heteroatoms. The molecule has 3 aromatic carbocycles. The summed E-state index contributed by atoms with van der Waals surface area (Å²) in [6, 6.07) is 26.2. The molecule has 3 nitrogen and oxygen atoms in total. The Morgan fingerprint density at radius 2 is 1.54 bits per heavy atom. The van der Waals surface area contributed by atoms with E-state index in [2.05, 4.69) is 89.5 Å². The van der Waals surface area contributed by atoms with Crippen molar-refractivity contribution in [1.82, 2.24) is 9.80 Å². The Bertz CT molecular complexity index is 1150. The number of ketones is 1. The van der Waals surface area contributed by atoms with Crippen molar-refractivity contribution >= 4 is 5.78 Å². The molecule has 194 valence electrons. The third-order valence-corrected chi connectivity index (χ3v) is 8.34. The minimum absolute atomic E-state index is 0.318. The van der Waals surface area contributed by atoms with Crippen molar-refractivity contribution in [2.75, 3.05) is 19.6 Å². The fourth-order valence-corrected chi connectivity index (χ4v) is 6.06. The van der Waals surface area contributed by atoms with Crippen LogP contribution in [0.15, 0.2) is 72.8 Å². The molecular formula is C34H42N2O. The fraction of sp³-hybridized carbons (Fsp3) is 0.441. The highest BCUT2D eigenvalue weighted by molar-refractivity contribution is 5.96. The van der Waals surface area contributed by atoms with Gasteiger partial charge in [0.15, 0.2) is 5.78 Å². The summed E-state index contributed by atoms with van der Waals surface area (Å²) in [6.45, 7) is 8.58. The lowest BCUT2D eigenvalue weighted by Crippen LogP contribution is -2.33. The predicted octanol–water partition coefficient (Wildman–Crippen LogP) is 7.21. The van der Waals surface area contributed by atoms with Gasteiger partial charge in [-0.15, -0.1) is 0 Å². The van der Waals surface area contributed by atoms with Crippen LogP contribution in [0.3, 0.4) is 0 Å². The molecule has 0 unspecified atom stereocenters. The van der Waals surface area contributed by atoms with Crippen molar-refractivity contribution < 1.29 is 4.79 Å². The molecule has 0 atom stereocenters. The van der Waals surface area contributed by atoms with Gasteiger partial charge in [0.05, 0.1) is 0 Å². The zero-order valence-electron chi connectivity index (χ0n) is 22.5. The highest BCUT2D eigenvalue weighted by atomic mass is 16.1. The van der Waals surface area contributed by atoms with E-state index in [-0.39, 0.29) is 0 Å². The second kappa shape index (κ2) is 12.7. The van der Waals surface area contributed by atoms with E-state index in [0.29, 0.717) is 12.2 Å². The standard InChI is InChI=1S/C34H42N2O/c1-27-12-14-30(15-13-27)24-35-21-18-28(19-22-35)9-5-11-34(37)32-17-16-31-10-6-20-36(26-33(31)23-32)25-29-7-3-2-4-8-29/h2-4,7-8,12-17,23,28H,5-6,9-11,18-22,24-26H2,1H3. The molecule has 37 heavy (non-hydrogen) atoms. The van der Waals surface area contributed by atoms with Gasteiger partial charge < -0.3 is 0 Å². The molecule has 0 saturated carbocycles. The van der Waals surface area contributed by atoms with Crippen LogP contribution in [-0.2, 0) is 26.1 Å². The lowest BCUT2D eigenvalue weighted by Gasteiger charge is -2.32. The van der Waals surface area contributed by atoms with E-state index in [4.69, 9.17) is 0 Å². The molecule has 0 spiro atoms. The lowest BCUT2D eigenvalue weighted by atomic mass is 9.90. The van der Waals surface area contributed by atoms with E-state index in [1.54, 1.807) is 0 Å². The number of nitrogens with zero attached hydrogens (tertiary/aromatic N) is 2. The minimum atomic E-state index is 0.318. The molecule has 3 aromatic rings. The molecule has 0 amide bonds. The first-order chi connectivity index (χ1) is 18.1. The summed E-state index contributed by atoms with van der Waals surface area (Å²) in [5.74, 6) is 1.08. The third-order valence-electron chi connectivity index (χ3n) is 8.34. The summed E-state index contributed by atoms with van der Waals surface area (Å²) >= 11 is 0. The average molecular weight is 495 g/mol. The van der Waals surface area contributed by atoms with Gasteiger partial charge in [0.25, 0.3) is 0 Å². The molecule has 1 saturated heterocycles. The number of Topliss-reactive ketones (excluding diaryl/α,β-unsaturated/α-hetero) is 1. The summed E-state index contributed by atoms with van der Waals surface area (Å²) in [5, 5.41) is 0. The third kappa shape index (κ3) is 7.40. The number of fused-ring (bicyclic) bond motifs is 1. The molecule has 0 radical (unpaired) electrons. The van der Waals surface area contributed by atoms with Gasteiger partial charge in [0, 0.05) is 31.6 Å². The molecule has 0 bridgehead atoms. The van der Waals surface area contributed by atoms with Gasteiger partial charge >= 0.3 is 0 Å². The Labute approximate surface area is 223 Å². The summed E-state index contributed by atoms with van der Waals surface area (Å²) in [6.07, 6.45) is 7.68. The molecule has 2 aliphatic rings. The number of piperidine rings is 1. The van der Waals surface area contributed by atoms with Crippen molar-refractivity contribution in [3.05, 3.63) is 106 Å². The van der Waals surface area contributed by atoms with E-state index >= 15 is 0 Å². The number of likely N-dealkylation sites (tertiary alicyclic amines) is 1. The summed E-state index contributed by atoms with van der Waals surface area (Å²) in [4.78, 5) is 18.2. The Morgan fingerprint density at radius 1 is 0.811 bits per heavy atom. The summed E-state index contributed by atoms with van der Waals surface area (Å²) in [7, 11) is 0. The first kappa shape index (κ1) is 25.9. The molecule has 5 rings (SSSR count). The Balaban J connectivity index is 1.07. The first-order valence-electron chi connectivity index (χ1n) is 14.3. The van der Waals surface area contributed by atoms with Crippen molar-refractivity contribution in [2.24, 2.45) is 5.92 Å². The SMILES string of the molecule is Cc1ccc(CN2CCC(CCCC(=O)c3ccc4c(c3)CN(Cc3ccccc3)CCC4)CC2)cc1. The van der Waals surface area contributed by atoms with Crippen LogP contribution in [0.5, 0.6) is 0 Å². The largest absolute Gasteiger partial charge is 0.299 e. The van der Waals surface area contributed by atoms with E-state index < -0.39 is 0 Å². The van der Waals surface area contributed by atoms with Crippen LogP contribution < -0.4 is 0 Å². The van der Waals surface area contributed by atoms with Crippen molar-refractivity contribution in [1.29, 1.82) is 0 Å². The van der Waals surface area contributed by atoms with Crippen LogP contribution in [0, 0.1) is 12.8 Å². The zero-order valence-corrected chi connectivity index (χ0v) is 22.5. The van der Waals surface area contributed by atoms with Crippen LogP contribution in [-0.4, -0.2) is 35.2 Å². The van der Waals surface area contributed by atoms with Crippen LogP contribution in [0.1, 0.15) is 76.7 Å². The summed E-state index contributed by atoms with van der Waals surface area (Å²) < 4.78 is 0. The number of benzene rings is 3.